The molecule has 0 aromatic carbocycles. The number of ketones is 1. The van der Waals surface area contributed by atoms with Crippen molar-refractivity contribution in [1.29, 1.82) is 0 Å². The standard InChI is InChI=1S/C11H21NO/c1-4-10(13)11(12-9(2)3)7-5-6-8-11/h9,12H,4-8H2,1-3H3. The van der Waals surface area contributed by atoms with E-state index in [9.17, 15) is 4.79 Å². The van der Waals surface area contributed by atoms with Gasteiger partial charge in [-0.15, -0.1) is 0 Å². The highest BCUT2D eigenvalue weighted by Crippen LogP contribution is 2.31. The number of carbonyl (C=O) groups excluding carboxylic acids is 1. The molecule has 0 amide bonds. The molecule has 1 N–H and O–H groups in total. The molecule has 0 saturated heterocycles. The number of hydrogen-bond donors (Lipinski definition) is 1. The minimum Gasteiger partial charge on any atom is -0.303 e. The van der Waals surface area contributed by atoms with Crippen LogP contribution in [-0.2, 0) is 4.79 Å². The third kappa shape index (κ3) is 2.31. The Bertz CT molecular complexity index is 181. The Hall–Kier alpha value is -0.370. The van der Waals surface area contributed by atoms with Crippen molar-refractivity contribution in [2.24, 2.45) is 0 Å². The lowest BCUT2D eigenvalue weighted by Gasteiger charge is -2.30. The molecule has 0 atom stereocenters. The van der Waals surface area contributed by atoms with Crippen LogP contribution in [0.5, 0.6) is 0 Å². The molecule has 1 aliphatic rings. The highest BCUT2D eigenvalue weighted by atomic mass is 16.1. The summed E-state index contributed by atoms with van der Waals surface area (Å²) < 4.78 is 0. The lowest BCUT2D eigenvalue weighted by molar-refractivity contribution is -0.125. The third-order valence-electron chi connectivity index (χ3n) is 2.88. The summed E-state index contributed by atoms with van der Waals surface area (Å²) in [5, 5.41) is 3.46. The Morgan fingerprint density at radius 3 is 2.31 bits per heavy atom. The molecule has 1 rings (SSSR count). The van der Waals surface area contributed by atoms with Crippen LogP contribution in [0.25, 0.3) is 0 Å². The summed E-state index contributed by atoms with van der Waals surface area (Å²) in [5.74, 6) is 0.402. The lowest BCUT2D eigenvalue weighted by Crippen LogP contribution is -2.52. The van der Waals surface area contributed by atoms with Gasteiger partial charge in [0.2, 0.25) is 0 Å². The molecule has 2 heteroatoms. The van der Waals surface area contributed by atoms with Crippen LogP contribution in [0, 0.1) is 0 Å². The van der Waals surface area contributed by atoms with Crippen LogP contribution < -0.4 is 5.32 Å². The molecule has 1 aliphatic carbocycles. The fourth-order valence-electron chi connectivity index (χ4n) is 2.37. The number of nitrogens with one attached hydrogen (secondary N) is 1. The van der Waals surface area contributed by atoms with Crippen molar-refractivity contribution in [3.05, 3.63) is 0 Å². The highest BCUT2D eigenvalue weighted by Gasteiger charge is 2.39. The first-order valence-electron chi connectivity index (χ1n) is 5.42. The van der Waals surface area contributed by atoms with E-state index in [0.29, 0.717) is 18.2 Å². The molecule has 0 aromatic heterocycles. The SMILES string of the molecule is CCC(=O)C1(NC(C)C)CCCC1. The van der Waals surface area contributed by atoms with Gasteiger partial charge in [0.25, 0.3) is 0 Å². The Kier molecular flexibility index (Phi) is 3.48. The molecule has 76 valence electrons. The van der Waals surface area contributed by atoms with Gasteiger partial charge in [-0.05, 0) is 26.7 Å². The minimum atomic E-state index is -0.164. The van der Waals surface area contributed by atoms with Gasteiger partial charge in [0.15, 0.2) is 5.78 Å². The van der Waals surface area contributed by atoms with Crippen molar-refractivity contribution in [2.45, 2.75) is 64.5 Å². The van der Waals surface area contributed by atoms with Gasteiger partial charge in [-0.1, -0.05) is 19.8 Å². The molecule has 0 aromatic rings. The number of Topliss-reactive ketones (excluding diaryl/α,β-unsaturated/α-hetero) is 1. The Balaban J connectivity index is 2.68. The zero-order valence-electron chi connectivity index (χ0n) is 9.02. The van der Waals surface area contributed by atoms with Gasteiger partial charge in [0, 0.05) is 12.5 Å². The summed E-state index contributed by atoms with van der Waals surface area (Å²) >= 11 is 0. The summed E-state index contributed by atoms with van der Waals surface area (Å²) in [6, 6.07) is 0.411. The average Bonchev–Trinajstić information content (AvgIpc) is 2.51. The molecule has 0 unspecified atom stereocenters. The summed E-state index contributed by atoms with van der Waals surface area (Å²) in [4.78, 5) is 11.8. The fraction of sp³-hybridized carbons (Fsp3) is 0.909. The van der Waals surface area contributed by atoms with E-state index in [4.69, 9.17) is 0 Å². The van der Waals surface area contributed by atoms with E-state index in [1.807, 2.05) is 6.92 Å². The predicted molar refractivity (Wildman–Crippen MR) is 54.8 cm³/mol. The van der Waals surface area contributed by atoms with E-state index in [-0.39, 0.29) is 5.54 Å². The van der Waals surface area contributed by atoms with Crippen molar-refractivity contribution in [3.8, 4) is 0 Å². The molecule has 0 bridgehead atoms. The second-order valence-corrected chi connectivity index (χ2v) is 4.36. The topological polar surface area (TPSA) is 29.1 Å². The first-order chi connectivity index (χ1) is 6.10. The van der Waals surface area contributed by atoms with Gasteiger partial charge >= 0.3 is 0 Å². The quantitative estimate of drug-likeness (QED) is 0.724. The predicted octanol–water partition coefficient (Wildman–Crippen LogP) is 2.28. The van der Waals surface area contributed by atoms with Gasteiger partial charge in [-0.2, -0.15) is 0 Å². The highest BCUT2D eigenvalue weighted by molar-refractivity contribution is 5.88. The van der Waals surface area contributed by atoms with Crippen LogP contribution in [0.15, 0.2) is 0 Å². The lowest BCUT2D eigenvalue weighted by atomic mass is 9.89. The number of rotatable bonds is 4. The monoisotopic (exact) mass is 183 g/mol. The third-order valence-corrected chi connectivity index (χ3v) is 2.88. The molecular weight excluding hydrogens is 162 g/mol. The second kappa shape index (κ2) is 4.23. The van der Waals surface area contributed by atoms with Crippen LogP contribution in [-0.4, -0.2) is 17.4 Å². The zero-order valence-corrected chi connectivity index (χ0v) is 9.02. The van der Waals surface area contributed by atoms with Crippen LogP contribution in [0.1, 0.15) is 52.9 Å². The molecule has 1 saturated carbocycles. The molecule has 0 heterocycles. The zero-order chi connectivity index (χ0) is 9.90. The van der Waals surface area contributed by atoms with E-state index in [2.05, 4.69) is 19.2 Å². The molecule has 0 radical (unpaired) electrons. The summed E-state index contributed by atoms with van der Waals surface area (Å²) in [7, 11) is 0. The summed E-state index contributed by atoms with van der Waals surface area (Å²) in [6.07, 6.45) is 5.15. The van der Waals surface area contributed by atoms with E-state index in [1.54, 1.807) is 0 Å². The molecule has 1 fully saturated rings. The van der Waals surface area contributed by atoms with E-state index < -0.39 is 0 Å². The van der Waals surface area contributed by atoms with E-state index in [0.717, 1.165) is 12.8 Å². The maximum Gasteiger partial charge on any atom is 0.152 e. The number of hydrogen-bond acceptors (Lipinski definition) is 2. The molecular formula is C11H21NO. The first-order valence-corrected chi connectivity index (χ1v) is 5.42. The van der Waals surface area contributed by atoms with Crippen molar-refractivity contribution >= 4 is 5.78 Å². The Morgan fingerprint density at radius 2 is 1.92 bits per heavy atom. The fourth-order valence-corrected chi connectivity index (χ4v) is 2.37. The van der Waals surface area contributed by atoms with Gasteiger partial charge in [-0.3, -0.25) is 4.79 Å². The van der Waals surface area contributed by atoms with Gasteiger partial charge in [0.1, 0.15) is 0 Å². The van der Waals surface area contributed by atoms with Crippen molar-refractivity contribution in [3.63, 3.8) is 0 Å². The minimum absolute atomic E-state index is 0.164. The van der Waals surface area contributed by atoms with E-state index >= 15 is 0 Å². The van der Waals surface area contributed by atoms with Gasteiger partial charge in [-0.25, -0.2) is 0 Å². The maximum atomic E-state index is 11.8. The molecule has 13 heavy (non-hydrogen) atoms. The van der Waals surface area contributed by atoms with Gasteiger partial charge < -0.3 is 5.32 Å². The average molecular weight is 183 g/mol. The molecule has 0 aliphatic heterocycles. The van der Waals surface area contributed by atoms with Crippen molar-refractivity contribution in [1.82, 2.24) is 5.32 Å². The van der Waals surface area contributed by atoms with Crippen LogP contribution >= 0.6 is 0 Å². The normalized spacial score (nSPS) is 20.9. The van der Waals surface area contributed by atoms with Gasteiger partial charge in [0.05, 0.1) is 5.54 Å². The second-order valence-electron chi connectivity index (χ2n) is 4.36. The number of carbonyl (C=O) groups is 1. The van der Waals surface area contributed by atoms with Crippen molar-refractivity contribution < 1.29 is 4.79 Å². The smallest absolute Gasteiger partial charge is 0.152 e. The Morgan fingerprint density at radius 1 is 1.38 bits per heavy atom. The van der Waals surface area contributed by atoms with Crippen LogP contribution in [0.2, 0.25) is 0 Å². The van der Waals surface area contributed by atoms with Crippen LogP contribution in [0.3, 0.4) is 0 Å². The largest absolute Gasteiger partial charge is 0.303 e. The maximum absolute atomic E-state index is 11.8. The molecule has 2 nitrogen and oxygen atoms in total. The van der Waals surface area contributed by atoms with E-state index in [1.165, 1.54) is 12.8 Å². The summed E-state index contributed by atoms with van der Waals surface area (Å²) in [6.45, 7) is 6.19. The van der Waals surface area contributed by atoms with Crippen molar-refractivity contribution in [2.75, 3.05) is 0 Å². The van der Waals surface area contributed by atoms with Crippen LogP contribution in [0.4, 0.5) is 0 Å². The molecule has 0 spiro atoms. The first kappa shape index (κ1) is 10.7. The Labute approximate surface area is 81.1 Å². The summed E-state index contributed by atoms with van der Waals surface area (Å²) in [5.41, 5.74) is -0.164.